The zero-order valence-corrected chi connectivity index (χ0v) is 16.3. The Morgan fingerprint density at radius 1 is 1.34 bits per heavy atom. The Labute approximate surface area is 167 Å². The molecule has 0 bridgehead atoms. The Kier molecular flexibility index (Phi) is 6.63. The predicted molar refractivity (Wildman–Crippen MR) is 102 cm³/mol. The van der Waals surface area contributed by atoms with Gasteiger partial charge in [-0.05, 0) is 24.3 Å². The molecular formula is C19H24F3N5O2. The van der Waals surface area contributed by atoms with Gasteiger partial charge in [0.25, 0.3) is 0 Å². The second kappa shape index (κ2) is 9.17. The molecule has 1 fully saturated rings. The molecule has 2 heterocycles. The number of morpholine rings is 1. The van der Waals surface area contributed by atoms with Crippen LogP contribution in [0.5, 0.6) is 5.75 Å². The van der Waals surface area contributed by atoms with Crippen molar-refractivity contribution in [2.75, 3.05) is 39.9 Å². The normalized spacial score (nSPS) is 18.0. The van der Waals surface area contributed by atoms with Gasteiger partial charge in [0.05, 0.1) is 31.5 Å². The van der Waals surface area contributed by atoms with E-state index in [1.165, 1.54) is 12.1 Å². The van der Waals surface area contributed by atoms with Gasteiger partial charge in [-0.1, -0.05) is 0 Å². The number of halogens is 3. The van der Waals surface area contributed by atoms with Crippen molar-refractivity contribution in [2.45, 2.75) is 12.3 Å². The molecule has 1 aliphatic heterocycles. The minimum absolute atomic E-state index is 0.0839. The van der Waals surface area contributed by atoms with Gasteiger partial charge in [0.2, 0.25) is 0 Å². The lowest BCUT2D eigenvalue weighted by Crippen LogP contribution is -2.48. The van der Waals surface area contributed by atoms with Crippen LogP contribution in [0, 0.1) is 0 Å². The van der Waals surface area contributed by atoms with Gasteiger partial charge < -0.3 is 19.7 Å². The molecular weight excluding hydrogens is 387 g/mol. The van der Waals surface area contributed by atoms with E-state index in [1.54, 1.807) is 17.9 Å². The smallest absolute Gasteiger partial charge is 0.416 e. The largest absolute Gasteiger partial charge is 0.492 e. The van der Waals surface area contributed by atoms with Crippen LogP contribution in [0.2, 0.25) is 0 Å². The maximum Gasteiger partial charge on any atom is 0.416 e. The van der Waals surface area contributed by atoms with E-state index in [-0.39, 0.29) is 6.10 Å². The summed E-state index contributed by atoms with van der Waals surface area (Å²) < 4.78 is 50.8. The summed E-state index contributed by atoms with van der Waals surface area (Å²) in [5.41, 5.74) is 0.317. The minimum atomic E-state index is -4.35. The van der Waals surface area contributed by atoms with E-state index in [2.05, 4.69) is 20.3 Å². The fourth-order valence-electron chi connectivity index (χ4n) is 3.05. The monoisotopic (exact) mass is 411 g/mol. The van der Waals surface area contributed by atoms with Crippen LogP contribution in [0.3, 0.4) is 0 Å². The number of hydrogen-bond acceptors (Lipinski definition) is 4. The van der Waals surface area contributed by atoms with Crippen LogP contribution >= 0.6 is 0 Å². The highest BCUT2D eigenvalue weighted by Crippen LogP contribution is 2.30. The van der Waals surface area contributed by atoms with Crippen molar-refractivity contribution in [1.82, 2.24) is 20.0 Å². The SMILES string of the molecule is CN=C(NCCOc1ccc(C(F)(F)F)cc1)N1CCOC(c2cnn(C)c2)C1. The number of nitrogens with one attached hydrogen (secondary N) is 1. The molecule has 158 valence electrons. The number of rotatable bonds is 5. The minimum Gasteiger partial charge on any atom is -0.492 e. The lowest BCUT2D eigenvalue weighted by Gasteiger charge is -2.34. The Hall–Kier alpha value is -2.75. The van der Waals surface area contributed by atoms with Crippen LogP contribution in [0.1, 0.15) is 17.2 Å². The fourth-order valence-corrected chi connectivity index (χ4v) is 3.05. The summed E-state index contributed by atoms with van der Waals surface area (Å²) in [4.78, 5) is 6.40. The molecule has 3 rings (SSSR count). The van der Waals surface area contributed by atoms with Crippen molar-refractivity contribution < 1.29 is 22.6 Å². The highest BCUT2D eigenvalue weighted by Gasteiger charge is 2.30. The quantitative estimate of drug-likeness (QED) is 0.465. The average Bonchev–Trinajstić information content (AvgIpc) is 3.14. The molecule has 1 aliphatic rings. The Balaban J connectivity index is 1.46. The molecule has 2 aromatic rings. The van der Waals surface area contributed by atoms with Crippen LogP contribution in [0.15, 0.2) is 41.7 Å². The number of nitrogens with zero attached hydrogens (tertiary/aromatic N) is 4. The van der Waals surface area contributed by atoms with Gasteiger partial charge in [-0.2, -0.15) is 18.3 Å². The van der Waals surface area contributed by atoms with Crippen LogP contribution in [-0.2, 0) is 18.0 Å². The maximum atomic E-state index is 12.6. The van der Waals surface area contributed by atoms with E-state index < -0.39 is 11.7 Å². The highest BCUT2D eigenvalue weighted by molar-refractivity contribution is 5.80. The van der Waals surface area contributed by atoms with Crippen molar-refractivity contribution in [3.05, 3.63) is 47.8 Å². The van der Waals surface area contributed by atoms with Gasteiger partial charge >= 0.3 is 6.18 Å². The zero-order valence-electron chi connectivity index (χ0n) is 16.3. The topological polar surface area (TPSA) is 63.9 Å². The number of aromatic nitrogens is 2. The van der Waals surface area contributed by atoms with Gasteiger partial charge in [0, 0.05) is 32.4 Å². The summed E-state index contributed by atoms with van der Waals surface area (Å²) in [6.07, 6.45) is -0.706. The number of ether oxygens (including phenoxy) is 2. The first-order valence-electron chi connectivity index (χ1n) is 9.22. The van der Waals surface area contributed by atoms with Crippen LogP contribution in [0.25, 0.3) is 0 Å². The van der Waals surface area contributed by atoms with Crippen LogP contribution < -0.4 is 10.1 Å². The number of aryl methyl sites for hydroxylation is 1. The zero-order chi connectivity index (χ0) is 20.9. The molecule has 1 unspecified atom stereocenters. The van der Waals surface area contributed by atoms with Gasteiger partial charge in [-0.25, -0.2) is 0 Å². The summed E-state index contributed by atoms with van der Waals surface area (Å²) in [5, 5.41) is 7.40. The lowest BCUT2D eigenvalue weighted by atomic mass is 10.1. The van der Waals surface area contributed by atoms with Gasteiger partial charge in [0.1, 0.15) is 18.5 Å². The number of hydrogen-bond donors (Lipinski definition) is 1. The van der Waals surface area contributed by atoms with Crippen molar-refractivity contribution >= 4 is 5.96 Å². The maximum absolute atomic E-state index is 12.6. The summed E-state index contributed by atoms with van der Waals surface area (Å²) >= 11 is 0. The molecule has 1 saturated heterocycles. The molecule has 10 heteroatoms. The van der Waals surface area contributed by atoms with E-state index in [4.69, 9.17) is 9.47 Å². The summed E-state index contributed by atoms with van der Waals surface area (Å²) in [6, 6.07) is 4.65. The number of alkyl halides is 3. The molecule has 0 aliphatic carbocycles. The summed E-state index contributed by atoms with van der Waals surface area (Å²) in [7, 11) is 3.56. The first-order valence-corrected chi connectivity index (χ1v) is 9.22. The number of guanidine groups is 1. The molecule has 1 aromatic heterocycles. The lowest BCUT2D eigenvalue weighted by molar-refractivity contribution is -0.137. The van der Waals surface area contributed by atoms with E-state index in [9.17, 15) is 13.2 Å². The standard InChI is InChI=1S/C19H24F3N5O2/c1-23-18(27-8-10-29-17(13-27)14-11-25-26(2)12-14)24-7-9-28-16-5-3-15(4-6-16)19(20,21)22/h3-6,11-12,17H,7-10,13H2,1-2H3,(H,23,24). The second-order valence-corrected chi connectivity index (χ2v) is 6.60. The van der Waals surface area contributed by atoms with Gasteiger partial charge in [-0.3, -0.25) is 9.67 Å². The molecule has 29 heavy (non-hydrogen) atoms. The van der Waals surface area contributed by atoms with Crippen molar-refractivity contribution in [2.24, 2.45) is 12.0 Å². The molecule has 1 aromatic carbocycles. The van der Waals surface area contributed by atoms with Crippen LogP contribution in [0.4, 0.5) is 13.2 Å². The van der Waals surface area contributed by atoms with E-state index in [0.717, 1.165) is 23.7 Å². The average molecular weight is 411 g/mol. The molecule has 0 saturated carbocycles. The third kappa shape index (κ3) is 5.63. The van der Waals surface area contributed by atoms with E-state index >= 15 is 0 Å². The predicted octanol–water partition coefficient (Wildman–Crippen LogP) is 2.47. The number of aliphatic imine (C=N–C) groups is 1. The molecule has 1 N–H and O–H groups in total. The van der Waals surface area contributed by atoms with Gasteiger partial charge in [0.15, 0.2) is 5.96 Å². The Bertz CT molecular complexity index is 820. The molecule has 1 atom stereocenters. The molecule has 0 spiro atoms. The third-order valence-electron chi connectivity index (χ3n) is 4.51. The third-order valence-corrected chi connectivity index (χ3v) is 4.51. The van der Waals surface area contributed by atoms with Crippen molar-refractivity contribution in [3.63, 3.8) is 0 Å². The Morgan fingerprint density at radius 3 is 2.72 bits per heavy atom. The van der Waals surface area contributed by atoms with E-state index in [1.807, 2.05) is 13.2 Å². The molecule has 0 amide bonds. The van der Waals surface area contributed by atoms with Crippen molar-refractivity contribution in [3.8, 4) is 5.75 Å². The summed E-state index contributed by atoms with van der Waals surface area (Å²) in [6.45, 7) is 2.67. The first-order chi connectivity index (χ1) is 13.9. The molecule has 0 radical (unpaired) electrons. The number of benzene rings is 1. The fraction of sp³-hybridized carbons (Fsp3) is 0.474. The van der Waals surface area contributed by atoms with Crippen molar-refractivity contribution in [1.29, 1.82) is 0 Å². The van der Waals surface area contributed by atoms with E-state index in [0.29, 0.717) is 38.6 Å². The van der Waals surface area contributed by atoms with Crippen LogP contribution in [-0.4, -0.2) is 60.5 Å². The highest BCUT2D eigenvalue weighted by atomic mass is 19.4. The summed E-state index contributed by atoms with van der Waals surface area (Å²) in [5.74, 6) is 1.11. The Morgan fingerprint density at radius 2 is 2.10 bits per heavy atom. The first kappa shape index (κ1) is 21.0. The molecule has 7 nitrogen and oxygen atoms in total. The van der Waals surface area contributed by atoms with Gasteiger partial charge in [-0.15, -0.1) is 0 Å². The second-order valence-electron chi connectivity index (χ2n) is 6.60.